The van der Waals surface area contributed by atoms with Gasteiger partial charge in [0.1, 0.15) is 0 Å². The first-order valence-electron chi connectivity index (χ1n) is 49.9. The van der Waals surface area contributed by atoms with Gasteiger partial charge >= 0.3 is 0 Å². The first-order chi connectivity index (χ1) is 64.7. The number of unbranched alkanes of at least 4 members (excludes halogenated alkanes) is 6. The van der Waals surface area contributed by atoms with Crippen LogP contribution in [0.2, 0.25) is 15.1 Å². The number of rotatable bonds is 27. The van der Waals surface area contributed by atoms with E-state index >= 15 is 0 Å². The van der Waals surface area contributed by atoms with Crippen LogP contribution in [0, 0.1) is 0 Å². The maximum atomic E-state index is 7.94. The van der Waals surface area contributed by atoms with E-state index in [1.165, 1.54) is 107 Å². The van der Waals surface area contributed by atoms with Crippen molar-refractivity contribution in [2.24, 2.45) is 0 Å². The van der Waals surface area contributed by atoms with Gasteiger partial charge in [0.05, 0.1) is 32.1 Å². The Labute approximate surface area is 841 Å². The number of halogens is 3. The van der Waals surface area contributed by atoms with E-state index in [9.17, 15) is 0 Å². The Balaban J connectivity index is 0.000000210. The average molecular weight is 1880 g/mol. The molecule has 0 unspecified atom stereocenters. The molecule has 0 radical (unpaired) electrons. The van der Waals surface area contributed by atoms with Crippen LogP contribution in [0.5, 0.6) is 0 Å². The zero-order chi connectivity index (χ0) is 99.2. The van der Waals surface area contributed by atoms with Crippen LogP contribution in [-0.4, -0.2) is 0 Å². The fraction of sp³-hybridized carbons (Fsp3) is 0.344. The van der Waals surface area contributed by atoms with E-state index in [1.54, 1.807) is 0 Å². The van der Waals surface area contributed by atoms with E-state index in [-0.39, 0.29) is 43.3 Å². The Morgan fingerprint density at radius 3 is 0.635 bits per heavy atom. The SMILES string of the molecule is CC(C)(C)c1ccc(Nc2ccc(C(C)(C)C)cc2)cc1.CCCCCCc1ccc(N(c2cccc(N(c3ccc(C(C)(C)C)cc3)c3ccc(C(C)(C)C)cc3)c2)c2cccc(Cl)c2Cl)cc1.CCCCCCc1ccc(N(c2cccc(N(c3ccc(C(C)(C)C)cc3)c3ccc(C(C)(C)C)cc3)c2)c2cccc(N(c3ccc(C(C)(C)C)cc3)c3ccc(C(C)(C)C)cc3)c2Cl)cc1. The molecule has 0 bridgehead atoms. The van der Waals surface area contributed by atoms with Gasteiger partial charge in [-0.3, -0.25) is 0 Å². The molecule has 14 rings (SSSR count). The lowest BCUT2D eigenvalue weighted by Gasteiger charge is -2.32. The summed E-state index contributed by atoms with van der Waals surface area (Å²) in [6.45, 7) is 58.7. The van der Waals surface area contributed by atoms with E-state index in [1.807, 2.05) is 18.2 Å². The minimum Gasteiger partial charge on any atom is -0.356 e. The van der Waals surface area contributed by atoms with E-state index in [4.69, 9.17) is 34.8 Å². The Bertz CT molecular complexity index is 5950. The number of anilines is 17. The van der Waals surface area contributed by atoms with E-state index in [0.717, 1.165) is 110 Å². The van der Waals surface area contributed by atoms with E-state index in [2.05, 4.69) is 519 Å². The highest BCUT2D eigenvalue weighted by atomic mass is 35.5. The average Bonchev–Trinajstić information content (AvgIpc) is 0.762. The zero-order valence-electron chi connectivity index (χ0n) is 87.1. The third kappa shape index (κ3) is 27.6. The van der Waals surface area contributed by atoms with Crippen molar-refractivity contribution in [2.75, 3.05) is 29.8 Å². The zero-order valence-corrected chi connectivity index (χ0v) is 89.4. The van der Waals surface area contributed by atoms with Crippen LogP contribution in [-0.2, 0) is 56.2 Å². The van der Waals surface area contributed by atoms with Crippen molar-refractivity contribution >= 4 is 131 Å². The Morgan fingerprint density at radius 1 is 0.197 bits per heavy atom. The molecule has 0 amide bonds. The molecule has 0 aliphatic rings. The second kappa shape index (κ2) is 44.7. The smallest absolute Gasteiger partial charge is 0.0887 e. The van der Waals surface area contributed by atoms with Crippen molar-refractivity contribution in [2.45, 2.75) is 288 Å². The van der Waals surface area contributed by atoms with Crippen molar-refractivity contribution in [3.63, 3.8) is 0 Å². The summed E-state index contributed by atoms with van der Waals surface area (Å²) in [6, 6.07) is 119. The third-order valence-electron chi connectivity index (χ3n) is 26.1. The molecule has 0 heterocycles. The van der Waals surface area contributed by atoms with Crippen molar-refractivity contribution in [1.82, 2.24) is 0 Å². The van der Waals surface area contributed by atoms with Crippen LogP contribution in [0.4, 0.5) is 96.7 Å². The molecular formula is C128H153Cl3N6. The number of nitrogens with one attached hydrogen (secondary N) is 1. The van der Waals surface area contributed by atoms with Crippen molar-refractivity contribution < 1.29 is 0 Å². The molecule has 6 nitrogen and oxygen atoms in total. The molecule has 0 fully saturated rings. The van der Waals surface area contributed by atoms with Crippen LogP contribution in [0.15, 0.2) is 328 Å². The Kier molecular flexibility index (Phi) is 34.1. The van der Waals surface area contributed by atoms with Gasteiger partial charge in [-0.1, -0.05) is 399 Å². The fourth-order valence-electron chi connectivity index (χ4n) is 17.3. The molecule has 137 heavy (non-hydrogen) atoms. The topological polar surface area (TPSA) is 28.2 Å². The second-order valence-electron chi connectivity index (χ2n) is 45.4. The van der Waals surface area contributed by atoms with Crippen LogP contribution in [0.1, 0.15) is 287 Å². The molecule has 9 heteroatoms. The summed E-state index contributed by atoms with van der Waals surface area (Å²) in [4.78, 5) is 11.6. The van der Waals surface area contributed by atoms with Crippen LogP contribution >= 0.6 is 34.8 Å². The minimum absolute atomic E-state index is 0.0245. The minimum atomic E-state index is 0.0245. The summed E-state index contributed by atoms with van der Waals surface area (Å²) in [5.74, 6) is 0. The van der Waals surface area contributed by atoms with Gasteiger partial charge in [0.15, 0.2) is 0 Å². The summed E-state index contributed by atoms with van der Waals surface area (Å²) in [7, 11) is 0. The molecular weight excluding hydrogens is 1730 g/mol. The largest absolute Gasteiger partial charge is 0.356 e. The molecule has 14 aromatic carbocycles. The van der Waals surface area contributed by atoms with Gasteiger partial charge in [-0.25, -0.2) is 0 Å². The van der Waals surface area contributed by atoms with Gasteiger partial charge < -0.3 is 29.8 Å². The molecule has 0 saturated carbocycles. The highest BCUT2D eigenvalue weighted by Crippen LogP contribution is 2.51. The molecule has 0 aliphatic heterocycles. The maximum Gasteiger partial charge on any atom is 0.0887 e. The summed E-state index contributed by atoms with van der Waals surface area (Å²) in [5.41, 5.74) is 31.5. The highest BCUT2D eigenvalue weighted by Gasteiger charge is 2.29. The Hall–Kier alpha value is -11.3. The summed E-state index contributed by atoms with van der Waals surface area (Å²) >= 11 is 21.5. The lowest BCUT2D eigenvalue weighted by atomic mass is 9.86. The lowest BCUT2D eigenvalue weighted by Crippen LogP contribution is -2.16. The maximum absolute atomic E-state index is 7.94. The van der Waals surface area contributed by atoms with E-state index < -0.39 is 0 Å². The number of hydrogen-bond acceptors (Lipinski definition) is 6. The number of nitrogens with zero attached hydrogens (tertiary/aromatic N) is 5. The van der Waals surface area contributed by atoms with Crippen LogP contribution < -0.4 is 29.8 Å². The molecule has 0 atom stereocenters. The summed E-state index contributed by atoms with van der Waals surface area (Å²) in [5, 5.41) is 5.18. The normalized spacial score (nSPS) is 12.1. The molecule has 1 N–H and O–H groups in total. The van der Waals surface area contributed by atoms with Crippen LogP contribution in [0.3, 0.4) is 0 Å². The first kappa shape index (κ1) is 105. The second-order valence-corrected chi connectivity index (χ2v) is 46.6. The van der Waals surface area contributed by atoms with Gasteiger partial charge in [-0.2, -0.15) is 0 Å². The van der Waals surface area contributed by atoms with Crippen LogP contribution in [0.25, 0.3) is 0 Å². The highest BCUT2D eigenvalue weighted by molar-refractivity contribution is 6.44. The molecule has 0 aliphatic carbocycles. The van der Waals surface area contributed by atoms with Crippen molar-refractivity contribution in [3.05, 3.63) is 398 Å². The Morgan fingerprint density at radius 2 is 0.394 bits per heavy atom. The van der Waals surface area contributed by atoms with Crippen molar-refractivity contribution in [3.8, 4) is 0 Å². The summed E-state index contributed by atoms with van der Waals surface area (Å²) in [6.07, 6.45) is 12.1. The molecule has 716 valence electrons. The quantitative estimate of drug-likeness (QED) is 0.0516. The molecule has 14 aromatic rings. The number of benzene rings is 14. The van der Waals surface area contributed by atoms with E-state index in [0.29, 0.717) is 15.1 Å². The summed E-state index contributed by atoms with van der Waals surface area (Å²) < 4.78 is 0. The first-order valence-corrected chi connectivity index (χ1v) is 51.0. The monoisotopic (exact) mass is 1880 g/mol. The standard InChI is InChI=1S/C64H76ClN3.C44H50Cl2N2.C20H27N/c1-14-15-16-17-20-46-25-35-53(36-26-46)68(57-22-18-21-56(45-57)66(51-37-27-47(28-38-51)61(2,3)4)52-39-29-48(30-40-52)62(5,6)7)59-24-19-23-58(60(59)65)67(54-41-31-49(32-42-54)63(8,9)10)55-43-33-50(34-44-55)64(11,12)13;1-8-9-10-11-14-32-19-25-37(26-20-32)48(41-18-13-17-40(45)42(41)46)39-16-12-15-38(31-39)47(35-27-21-33(22-28-35)43(2,3)4)36-29-23-34(24-30-36)44(5,6)7;1-19(2,3)15-7-11-17(12-8-15)21-18-13-9-16(10-14-18)20(4,5)6/h18-19,21-45H,14-17,20H2,1-13H3;12-13,15-31H,8-11,14H2,1-7H3;7-14,21H,1-6H3. The van der Waals surface area contributed by atoms with Gasteiger partial charge in [0, 0.05) is 79.6 Å². The lowest BCUT2D eigenvalue weighted by molar-refractivity contribution is 0.590. The number of aryl methyl sites for hydroxylation is 2. The van der Waals surface area contributed by atoms with Gasteiger partial charge in [0.25, 0.3) is 0 Å². The molecule has 0 aromatic heterocycles. The predicted molar refractivity (Wildman–Crippen MR) is 603 cm³/mol. The predicted octanol–water partition coefficient (Wildman–Crippen LogP) is 40.7. The van der Waals surface area contributed by atoms with Gasteiger partial charge in [-0.05, 0) is 307 Å². The molecule has 0 spiro atoms. The third-order valence-corrected chi connectivity index (χ3v) is 27.3. The number of hydrogen-bond donors (Lipinski definition) is 1. The molecule has 0 saturated heterocycles. The van der Waals surface area contributed by atoms with Crippen molar-refractivity contribution in [1.29, 1.82) is 0 Å². The van der Waals surface area contributed by atoms with Gasteiger partial charge in [0.2, 0.25) is 0 Å². The fourth-order valence-corrected chi connectivity index (χ4v) is 18.0. The van der Waals surface area contributed by atoms with Gasteiger partial charge in [-0.15, -0.1) is 0 Å².